The molecule has 0 aliphatic heterocycles. The molecule has 0 amide bonds. The van der Waals surface area contributed by atoms with Crippen LogP contribution in [0.2, 0.25) is 0 Å². The Balaban J connectivity index is 2.80. The first-order valence-corrected chi connectivity index (χ1v) is 4.54. The van der Waals surface area contributed by atoms with Crippen molar-refractivity contribution in [2.75, 3.05) is 24.6 Å². The van der Waals surface area contributed by atoms with Gasteiger partial charge in [0.25, 0.3) is 0 Å². The second-order valence-electron chi connectivity index (χ2n) is 2.92. The van der Waals surface area contributed by atoms with Crippen LogP contribution in [0.1, 0.15) is 5.82 Å². The van der Waals surface area contributed by atoms with Crippen LogP contribution in [0.4, 0.5) is 5.82 Å². The molecule has 4 nitrogen and oxygen atoms in total. The first-order valence-electron chi connectivity index (χ1n) is 4.54. The van der Waals surface area contributed by atoms with Gasteiger partial charge < -0.3 is 10.0 Å². The van der Waals surface area contributed by atoms with Crippen LogP contribution in [0.15, 0.2) is 24.9 Å². The van der Waals surface area contributed by atoms with E-state index < -0.39 is 0 Å². The van der Waals surface area contributed by atoms with Crippen molar-refractivity contribution < 1.29 is 5.11 Å². The van der Waals surface area contributed by atoms with Gasteiger partial charge in [-0.15, -0.1) is 6.58 Å². The molecular formula is C10H15N3O. The van der Waals surface area contributed by atoms with Crippen molar-refractivity contribution in [3.8, 4) is 0 Å². The van der Waals surface area contributed by atoms with Gasteiger partial charge in [0.15, 0.2) is 0 Å². The van der Waals surface area contributed by atoms with E-state index in [4.69, 9.17) is 5.11 Å². The lowest BCUT2D eigenvalue weighted by atomic mass is 10.4. The van der Waals surface area contributed by atoms with Gasteiger partial charge in [0.1, 0.15) is 11.6 Å². The lowest BCUT2D eigenvalue weighted by molar-refractivity contribution is 0.302. The minimum atomic E-state index is 0.108. The average molecular weight is 193 g/mol. The Morgan fingerprint density at radius 3 is 3.00 bits per heavy atom. The Kier molecular flexibility index (Phi) is 4.07. The van der Waals surface area contributed by atoms with E-state index in [0.717, 1.165) is 11.6 Å². The minimum absolute atomic E-state index is 0.108. The molecule has 0 bridgehead atoms. The highest BCUT2D eigenvalue weighted by molar-refractivity contribution is 5.38. The summed E-state index contributed by atoms with van der Waals surface area (Å²) in [6.07, 6.45) is 3.50. The van der Waals surface area contributed by atoms with E-state index in [1.54, 1.807) is 12.3 Å². The number of anilines is 1. The van der Waals surface area contributed by atoms with E-state index >= 15 is 0 Å². The van der Waals surface area contributed by atoms with Crippen LogP contribution in [0, 0.1) is 6.92 Å². The van der Waals surface area contributed by atoms with Crippen molar-refractivity contribution in [2.45, 2.75) is 6.92 Å². The Bertz CT molecular complexity index is 301. The lowest BCUT2D eigenvalue weighted by Gasteiger charge is -2.20. The van der Waals surface area contributed by atoms with Gasteiger partial charge >= 0.3 is 0 Å². The second-order valence-corrected chi connectivity index (χ2v) is 2.92. The van der Waals surface area contributed by atoms with Crippen molar-refractivity contribution >= 4 is 5.82 Å². The number of nitrogens with zero attached hydrogens (tertiary/aromatic N) is 3. The highest BCUT2D eigenvalue weighted by Gasteiger charge is 2.05. The largest absolute Gasteiger partial charge is 0.395 e. The summed E-state index contributed by atoms with van der Waals surface area (Å²) >= 11 is 0. The molecule has 4 heteroatoms. The SMILES string of the molecule is C=CCN(CCO)c1ccnc(C)n1. The third-order valence-corrected chi connectivity index (χ3v) is 1.80. The number of aliphatic hydroxyl groups excluding tert-OH is 1. The maximum absolute atomic E-state index is 8.87. The molecule has 1 aromatic rings. The van der Waals surface area contributed by atoms with Gasteiger partial charge in [-0.05, 0) is 13.0 Å². The second kappa shape index (κ2) is 5.34. The molecule has 0 saturated heterocycles. The molecule has 14 heavy (non-hydrogen) atoms. The fourth-order valence-electron chi connectivity index (χ4n) is 1.20. The molecule has 0 fully saturated rings. The molecular weight excluding hydrogens is 178 g/mol. The van der Waals surface area contributed by atoms with Crippen LogP contribution in [-0.2, 0) is 0 Å². The molecule has 0 unspecified atom stereocenters. The Hall–Kier alpha value is -1.42. The van der Waals surface area contributed by atoms with E-state index in [0.29, 0.717) is 13.1 Å². The smallest absolute Gasteiger partial charge is 0.132 e. The fraction of sp³-hybridized carbons (Fsp3) is 0.400. The molecule has 0 radical (unpaired) electrons. The van der Waals surface area contributed by atoms with Gasteiger partial charge in [-0.2, -0.15) is 0 Å². The number of aromatic nitrogens is 2. The van der Waals surface area contributed by atoms with Crippen LogP contribution >= 0.6 is 0 Å². The summed E-state index contributed by atoms with van der Waals surface area (Å²) in [6, 6.07) is 1.83. The molecule has 76 valence electrons. The Labute approximate surface area is 83.9 Å². The summed E-state index contributed by atoms with van der Waals surface area (Å²) in [6.45, 7) is 6.85. The molecule has 1 rings (SSSR count). The highest BCUT2D eigenvalue weighted by atomic mass is 16.3. The zero-order chi connectivity index (χ0) is 10.4. The monoisotopic (exact) mass is 193 g/mol. The standard InChI is InChI=1S/C10H15N3O/c1-3-6-13(7-8-14)10-4-5-11-9(2)12-10/h3-5,14H,1,6-8H2,2H3. The van der Waals surface area contributed by atoms with Crippen LogP contribution in [-0.4, -0.2) is 34.8 Å². The Morgan fingerprint density at radius 1 is 1.64 bits per heavy atom. The van der Waals surface area contributed by atoms with E-state index in [9.17, 15) is 0 Å². The third-order valence-electron chi connectivity index (χ3n) is 1.80. The fourth-order valence-corrected chi connectivity index (χ4v) is 1.20. The van der Waals surface area contributed by atoms with Gasteiger partial charge in [-0.25, -0.2) is 9.97 Å². The summed E-state index contributed by atoms with van der Waals surface area (Å²) in [5, 5.41) is 8.87. The van der Waals surface area contributed by atoms with Gasteiger partial charge in [-0.1, -0.05) is 6.08 Å². The molecule has 1 heterocycles. The maximum atomic E-state index is 8.87. The predicted molar refractivity (Wildman–Crippen MR) is 56.3 cm³/mol. The lowest BCUT2D eigenvalue weighted by Crippen LogP contribution is -2.27. The topological polar surface area (TPSA) is 49.2 Å². The molecule has 0 saturated carbocycles. The maximum Gasteiger partial charge on any atom is 0.132 e. The summed E-state index contributed by atoms with van der Waals surface area (Å²) in [5.74, 6) is 1.56. The number of rotatable bonds is 5. The molecule has 0 spiro atoms. The van der Waals surface area contributed by atoms with Crippen LogP contribution in [0.5, 0.6) is 0 Å². The van der Waals surface area contributed by atoms with Gasteiger partial charge in [-0.3, -0.25) is 0 Å². The quantitative estimate of drug-likeness (QED) is 0.702. The normalized spacial score (nSPS) is 9.86. The zero-order valence-electron chi connectivity index (χ0n) is 8.35. The van der Waals surface area contributed by atoms with Crippen molar-refractivity contribution in [3.63, 3.8) is 0 Å². The number of hydrogen-bond donors (Lipinski definition) is 1. The van der Waals surface area contributed by atoms with Crippen LogP contribution < -0.4 is 4.90 Å². The van der Waals surface area contributed by atoms with Gasteiger partial charge in [0.2, 0.25) is 0 Å². The Morgan fingerprint density at radius 2 is 2.43 bits per heavy atom. The number of hydrogen-bond acceptors (Lipinski definition) is 4. The molecule has 1 N–H and O–H groups in total. The molecule has 1 aromatic heterocycles. The van der Waals surface area contributed by atoms with Crippen LogP contribution in [0.25, 0.3) is 0 Å². The summed E-state index contributed by atoms with van der Waals surface area (Å²) < 4.78 is 0. The van der Waals surface area contributed by atoms with E-state index in [1.165, 1.54) is 0 Å². The minimum Gasteiger partial charge on any atom is -0.395 e. The molecule has 0 aliphatic carbocycles. The zero-order valence-corrected chi connectivity index (χ0v) is 8.35. The van der Waals surface area contributed by atoms with Crippen molar-refractivity contribution in [1.29, 1.82) is 0 Å². The first-order chi connectivity index (χ1) is 6.77. The van der Waals surface area contributed by atoms with E-state index in [1.807, 2.05) is 17.9 Å². The number of aryl methyl sites for hydroxylation is 1. The van der Waals surface area contributed by atoms with Crippen molar-refractivity contribution in [3.05, 3.63) is 30.7 Å². The van der Waals surface area contributed by atoms with Crippen LogP contribution in [0.3, 0.4) is 0 Å². The van der Waals surface area contributed by atoms with E-state index in [-0.39, 0.29) is 6.61 Å². The average Bonchev–Trinajstić information content (AvgIpc) is 2.17. The van der Waals surface area contributed by atoms with E-state index in [2.05, 4.69) is 16.5 Å². The third kappa shape index (κ3) is 2.81. The van der Waals surface area contributed by atoms with Gasteiger partial charge in [0.05, 0.1) is 6.61 Å². The number of aliphatic hydroxyl groups is 1. The van der Waals surface area contributed by atoms with Crippen molar-refractivity contribution in [1.82, 2.24) is 9.97 Å². The molecule has 0 aliphatic rings. The highest BCUT2D eigenvalue weighted by Crippen LogP contribution is 2.08. The summed E-state index contributed by atoms with van der Waals surface area (Å²) in [5.41, 5.74) is 0. The summed E-state index contributed by atoms with van der Waals surface area (Å²) in [4.78, 5) is 10.2. The molecule has 0 aromatic carbocycles. The van der Waals surface area contributed by atoms with Crippen molar-refractivity contribution in [2.24, 2.45) is 0 Å². The molecule has 0 atom stereocenters. The first kappa shape index (κ1) is 10.7. The van der Waals surface area contributed by atoms with Gasteiger partial charge in [0, 0.05) is 19.3 Å². The summed E-state index contributed by atoms with van der Waals surface area (Å²) in [7, 11) is 0. The predicted octanol–water partition coefficient (Wildman–Crippen LogP) is 0.770.